The van der Waals surface area contributed by atoms with Crippen molar-refractivity contribution in [2.75, 3.05) is 19.0 Å². The number of carbonyl (C=O) groups excluding carboxylic acids is 1. The number of rotatable bonds is 8. The Morgan fingerprint density at radius 3 is 2.43 bits per heavy atom. The lowest BCUT2D eigenvalue weighted by Gasteiger charge is -2.13. The van der Waals surface area contributed by atoms with E-state index in [-0.39, 0.29) is 22.8 Å². The molecular weight excluding hydrogens is 386 g/mol. The summed E-state index contributed by atoms with van der Waals surface area (Å²) in [6.07, 6.45) is 0. The number of methoxy groups -OCH3 is 1. The highest BCUT2D eigenvalue weighted by Gasteiger charge is 2.19. The predicted octanol–water partition coefficient (Wildman–Crippen LogP) is 2.47. The number of anilines is 1. The SMILES string of the molecule is COC[C@H](C)NS(=O)(=O)c1ccc(C(=O)Nc2cccc([N+](=O)[O-])c2C)cc1. The third-order valence-corrected chi connectivity index (χ3v) is 5.56. The Bertz CT molecular complexity index is 973. The number of amides is 1. The minimum absolute atomic E-state index is 0.0125. The molecule has 0 saturated carbocycles. The first-order chi connectivity index (χ1) is 13.2. The molecule has 2 aromatic rings. The van der Waals surface area contributed by atoms with Crippen LogP contribution >= 0.6 is 0 Å². The number of nitro groups is 1. The summed E-state index contributed by atoms with van der Waals surface area (Å²) >= 11 is 0. The van der Waals surface area contributed by atoms with Gasteiger partial charge in [0.25, 0.3) is 11.6 Å². The zero-order valence-corrected chi connectivity index (χ0v) is 16.4. The highest BCUT2D eigenvalue weighted by molar-refractivity contribution is 7.89. The molecule has 10 heteroatoms. The first-order valence-electron chi connectivity index (χ1n) is 8.32. The van der Waals surface area contributed by atoms with Gasteiger partial charge in [0.15, 0.2) is 0 Å². The van der Waals surface area contributed by atoms with Gasteiger partial charge < -0.3 is 10.1 Å². The summed E-state index contributed by atoms with van der Waals surface area (Å²) in [4.78, 5) is 22.9. The third-order valence-electron chi connectivity index (χ3n) is 3.95. The Hall–Kier alpha value is -2.82. The van der Waals surface area contributed by atoms with Crippen LogP contribution < -0.4 is 10.0 Å². The van der Waals surface area contributed by atoms with Crippen molar-refractivity contribution in [1.29, 1.82) is 0 Å². The molecule has 0 aromatic heterocycles. The van der Waals surface area contributed by atoms with Crippen molar-refractivity contribution in [1.82, 2.24) is 4.72 Å². The molecule has 0 radical (unpaired) electrons. The summed E-state index contributed by atoms with van der Waals surface area (Å²) in [5, 5.41) is 13.6. The van der Waals surface area contributed by atoms with E-state index in [9.17, 15) is 23.3 Å². The van der Waals surface area contributed by atoms with Gasteiger partial charge >= 0.3 is 0 Å². The molecule has 2 N–H and O–H groups in total. The second-order valence-corrected chi connectivity index (χ2v) is 7.88. The fourth-order valence-electron chi connectivity index (χ4n) is 2.55. The highest BCUT2D eigenvalue weighted by atomic mass is 32.2. The number of hydrogen-bond donors (Lipinski definition) is 2. The summed E-state index contributed by atoms with van der Waals surface area (Å²) in [5.74, 6) is -0.506. The largest absolute Gasteiger partial charge is 0.383 e. The Kier molecular flexibility index (Phi) is 6.84. The minimum Gasteiger partial charge on any atom is -0.383 e. The maximum absolute atomic E-state index is 12.4. The lowest BCUT2D eigenvalue weighted by atomic mass is 10.1. The van der Waals surface area contributed by atoms with E-state index < -0.39 is 26.9 Å². The highest BCUT2D eigenvalue weighted by Crippen LogP contribution is 2.25. The summed E-state index contributed by atoms with van der Waals surface area (Å²) in [6.45, 7) is 3.43. The van der Waals surface area contributed by atoms with Crippen LogP contribution in [0.4, 0.5) is 11.4 Å². The second-order valence-electron chi connectivity index (χ2n) is 6.16. The summed E-state index contributed by atoms with van der Waals surface area (Å²) < 4.78 is 32.0. The average molecular weight is 407 g/mol. The van der Waals surface area contributed by atoms with E-state index in [0.717, 1.165) is 0 Å². The molecule has 0 heterocycles. The number of sulfonamides is 1. The lowest BCUT2D eigenvalue weighted by molar-refractivity contribution is -0.385. The van der Waals surface area contributed by atoms with Gasteiger partial charge in [-0.05, 0) is 44.2 Å². The predicted molar refractivity (Wildman–Crippen MR) is 104 cm³/mol. The van der Waals surface area contributed by atoms with Gasteiger partial charge in [0.1, 0.15) is 0 Å². The van der Waals surface area contributed by atoms with Crippen molar-refractivity contribution in [3.8, 4) is 0 Å². The molecule has 0 unspecified atom stereocenters. The molecule has 28 heavy (non-hydrogen) atoms. The molecule has 0 bridgehead atoms. The van der Waals surface area contributed by atoms with E-state index in [1.807, 2.05) is 0 Å². The van der Waals surface area contributed by atoms with E-state index in [1.165, 1.54) is 50.4 Å². The first-order valence-corrected chi connectivity index (χ1v) is 9.80. The van der Waals surface area contributed by atoms with Crippen LogP contribution in [0, 0.1) is 17.0 Å². The molecule has 2 rings (SSSR count). The van der Waals surface area contributed by atoms with Gasteiger partial charge in [-0.3, -0.25) is 14.9 Å². The molecular formula is C18H21N3O6S. The standard InChI is InChI=1S/C18H21N3O6S/c1-12(11-27-3)20-28(25,26)15-9-7-14(8-10-15)18(22)19-16-5-4-6-17(13(16)2)21(23)24/h4-10,12,20H,11H2,1-3H3,(H,19,22)/t12-/m0/s1. The van der Waals surface area contributed by atoms with Crippen LogP contribution in [0.2, 0.25) is 0 Å². The molecule has 2 aromatic carbocycles. The minimum atomic E-state index is -3.74. The van der Waals surface area contributed by atoms with Gasteiger partial charge in [-0.15, -0.1) is 0 Å². The molecule has 0 aliphatic heterocycles. The van der Waals surface area contributed by atoms with E-state index in [4.69, 9.17) is 4.74 Å². The van der Waals surface area contributed by atoms with Gasteiger partial charge in [0.2, 0.25) is 10.0 Å². The number of nitrogens with zero attached hydrogens (tertiary/aromatic N) is 1. The number of carbonyl (C=O) groups is 1. The zero-order valence-electron chi connectivity index (χ0n) is 15.6. The zero-order chi connectivity index (χ0) is 20.9. The van der Waals surface area contributed by atoms with Crippen molar-refractivity contribution >= 4 is 27.3 Å². The van der Waals surface area contributed by atoms with Crippen LogP contribution in [-0.2, 0) is 14.8 Å². The number of ether oxygens (including phenoxy) is 1. The van der Waals surface area contributed by atoms with Crippen molar-refractivity contribution in [2.24, 2.45) is 0 Å². The molecule has 0 spiro atoms. The maximum Gasteiger partial charge on any atom is 0.274 e. The molecule has 0 aliphatic carbocycles. The molecule has 150 valence electrons. The van der Waals surface area contributed by atoms with E-state index >= 15 is 0 Å². The third kappa shape index (κ3) is 5.12. The first kappa shape index (κ1) is 21.5. The van der Waals surface area contributed by atoms with Crippen LogP contribution in [0.5, 0.6) is 0 Å². The Morgan fingerprint density at radius 2 is 1.86 bits per heavy atom. The summed E-state index contributed by atoms with van der Waals surface area (Å²) in [7, 11) is -2.27. The van der Waals surface area contributed by atoms with Gasteiger partial charge in [-0.2, -0.15) is 0 Å². The van der Waals surface area contributed by atoms with Gasteiger partial charge in [0, 0.05) is 24.8 Å². The smallest absolute Gasteiger partial charge is 0.274 e. The molecule has 0 fully saturated rings. The number of benzene rings is 2. The van der Waals surface area contributed by atoms with Crippen LogP contribution in [0.3, 0.4) is 0 Å². The average Bonchev–Trinajstić information content (AvgIpc) is 2.63. The molecule has 0 aliphatic rings. The normalized spacial score (nSPS) is 12.4. The van der Waals surface area contributed by atoms with Crippen LogP contribution in [0.15, 0.2) is 47.4 Å². The monoisotopic (exact) mass is 407 g/mol. The van der Waals surface area contributed by atoms with E-state index in [0.29, 0.717) is 11.3 Å². The number of hydrogen-bond acceptors (Lipinski definition) is 6. The Labute approximate surface area is 162 Å². The Balaban J connectivity index is 2.17. The van der Waals surface area contributed by atoms with E-state index in [2.05, 4.69) is 10.0 Å². The van der Waals surface area contributed by atoms with Crippen molar-refractivity contribution in [3.63, 3.8) is 0 Å². The second kappa shape index (κ2) is 8.91. The number of nitrogens with one attached hydrogen (secondary N) is 2. The molecule has 0 saturated heterocycles. The number of nitro benzene ring substituents is 1. The molecule has 1 atom stereocenters. The van der Waals surface area contributed by atoms with Gasteiger partial charge in [-0.1, -0.05) is 6.07 Å². The fraction of sp³-hybridized carbons (Fsp3) is 0.278. The topological polar surface area (TPSA) is 128 Å². The van der Waals surface area contributed by atoms with Crippen LogP contribution in [0.1, 0.15) is 22.8 Å². The molecule has 1 amide bonds. The van der Waals surface area contributed by atoms with Crippen molar-refractivity contribution < 1.29 is 22.9 Å². The van der Waals surface area contributed by atoms with E-state index in [1.54, 1.807) is 13.0 Å². The van der Waals surface area contributed by atoms with Crippen molar-refractivity contribution in [3.05, 3.63) is 63.7 Å². The maximum atomic E-state index is 12.4. The van der Waals surface area contributed by atoms with Gasteiger partial charge in [-0.25, -0.2) is 13.1 Å². The Morgan fingerprint density at radius 1 is 1.21 bits per heavy atom. The lowest BCUT2D eigenvalue weighted by Crippen LogP contribution is -2.35. The van der Waals surface area contributed by atoms with Crippen molar-refractivity contribution in [2.45, 2.75) is 24.8 Å². The summed E-state index contributed by atoms with van der Waals surface area (Å²) in [5.41, 5.74) is 0.757. The van der Waals surface area contributed by atoms with Crippen LogP contribution in [0.25, 0.3) is 0 Å². The summed E-state index contributed by atoms with van der Waals surface area (Å²) in [6, 6.07) is 9.35. The quantitative estimate of drug-likeness (QED) is 0.511. The van der Waals surface area contributed by atoms with Crippen LogP contribution in [-0.4, -0.2) is 39.0 Å². The fourth-order valence-corrected chi connectivity index (χ4v) is 3.78. The molecule has 9 nitrogen and oxygen atoms in total. The van der Waals surface area contributed by atoms with Gasteiger partial charge in [0.05, 0.1) is 27.7 Å².